The minimum atomic E-state index is -3.59. The van der Waals surface area contributed by atoms with Crippen LogP contribution in [0.25, 0.3) is 0 Å². The lowest BCUT2D eigenvalue weighted by atomic mass is 10.0. The summed E-state index contributed by atoms with van der Waals surface area (Å²) in [6.07, 6.45) is -0.254. The van der Waals surface area contributed by atoms with Gasteiger partial charge in [0.15, 0.2) is 0 Å². The van der Waals surface area contributed by atoms with Crippen LogP contribution in [-0.4, -0.2) is 62.7 Å². The molecule has 1 fully saturated rings. The summed E-state index contributed by atoms with van der Waals surface area (Å²) >= 11 is 5.83. The molecule has 23 heavy (non-hydrogen) atoms. The van der Waals surface area contributed by atoms with E-state index in [2.05, 4.69) is 4.18 Å². The number of nitrogens with zero attached hydrogens (tertiary/aromatic N) is 1. The number of benzene rings is 1. The summed E-state index contributed by atoms with van der Waals surface area (Å²) in [7, 11) is -3.59. The van der Waals surface area contributed by atoms with Crippen LogP contribution in [0, 0.1) is 0 Å². The molecule has 1 amide bonds. The van der Waals surface area contributed by atoms with Gasteiger partial charge >= 0.3 is 6.09 Å². The molecular weight excluding hydrogens is 346 g/mol. The van der Waals surface area contributed by atoms with Crippen LogP contribution < -0.4 is 0 Å². The Morgan fingerprint density at radius 3 is 2.65 bits per heavy atom. The van der Waals surface area contributed by atoms with Crippen molar-refractivity contribution in [2.45, 2.75) is 18.6 Å². The van der Waals surface area contributed by atoms with Crippen LogP contribution in [0.5, 0.6) is 0 Å². The minimum absolute atomic E-state index is 0.0586. The molecule has 0 saturated carbocycles. The molecule has 9 heteroatoms. The van der Waals surface area contributed by atoms with E-state index < -0.39 is 22.3 Å². The zero-order valence-electron chi connectivity index (χ0n) is 12.5. The first-order valence-corrected chi connectivity index (χ1v) is 9.14. The first kappa shape index (κ1) is 18.0. The van der Waals surface area contributed by atoms with Crippen LogP contribution in [-0.2, 0) is 25.5 Å². The largest absolute Gasteiger partial charge is 0.465 e. The molecule has 1 N–H and O–H groups in total. The number of carboxylic acid groups (broad SMARTS) is 1. The molecule has 0 bridgehead atoms. The fourth-order valence-electron chi connectivity index (χ4n) is 2.35. The Labute approximate surface area is 139 Å². The van der Waals surface area contributed by atoms with E-state index in [-0.39, 0.29) is 25.8 Å². The Morgan fingerprint density at radius 1 is 1.43 bits per heavy atom. The van der Waals surface area contributed by atoms with Crippen LogP contribution in [0.15, 0.2) is 24.3 Å². The zero-order chi connectivity index (χ0) is 17.0. The quantitative estimate of drug-likeness (QED) is 0.799. The Morgan fingerprint density at radius 2 is 2.09 bits per heavy atom. The van der Waals surface area contributed by atoms with Crippen LogP contribution in [0.4, 0.5) is 4.79 Å². The number of morpholine rings is 1. The van der Waals surface area contributed by atoms with Gasteiger partial charge in [-0.05, 0) is 24.1 Å². The van der Waals surface area contributed by atoms with Crippen LogP contribution in [0.3, 0.4) is 0 Å². The van der Waals surface area contributed by atoms with Crippen LogP contribution in [0.2, 0.25) is 5.02 Å². The van der Waals surface area contributed by atoms with Crippen molar-refractivity contribution in [3.05, 3.63) is 34.9 Å². The van der Waals surface area contributed by atoms with E-state index in [9.17, 15) is 18.3 Å². The second-order valence-electron chi connectivity index (χ2n) is 5.36. The summed E-state index contributed by atoms with van der Waals surface area (Å²) in [5, 5.41) is 9.98. The maximum Gasteiger partial charge on any atom is 0.407 e. The topological polar surface area (TPSA) is 93.1 Å². The van der Waals surface area contributed by atoms with Crippen molar-refractivity contribution in [1.29, 1.82) is 0 Å². The van der Waals surface area contributed by atoms with E-state index >= 15 is 0 Å². The fraction of sp³-hybridized carbons (Fsp3) is 0.500. The SMILES string of the molecule is CS(=O)(=O)OC[C@H]1CN(C(=O)O)[C@@H](Cc2ccc(Cl)cc2)CO1. The van der Waals surface area contributed by atoms with E-state index in [0.717, 1.165) is 11.8 Å². The number of amides is 1. The highest BCUT2D eigenvalue weighted by Crippen LogP contribution is 2.18. The predicted octanol–water partition coefficient (Wildman–Crippen LogP) is 1.61. The lowest BCUT2D eigenvalue weighted by Crippen LogP contribution is -2.53. The predicted molar refractivity (Wildman–Crippen MR) is 84.2 cm³/mol. The first-order chi connectivity index (χ1) is 10.7. The molecule has 128 valence electrons. The molecule has 2 atom stereocenters. The molecule has 7 nitrogen and oxygen atoms in total. The summed E-state index contributed by atoms with van der Waals surface area (Å²) in [5.41, 5.74) is 0.945. The number of hydrogen-bond acceptors (Lipinski definition) is 5. The Kier molecular flexibility index (Phi) is 5.85. The highest BCUT2D eigenvalue weighted by molar-refractivity contribution is 7.85. The van der Waals surface area contributed by atoms with Crippen LogP contribution >= 0.6 is 11.6 Å². The van der Waals surface area contributed by atoms with E-state index in [4.69, 9.17) is 16.3 Å². The third-order valence-electron chi connectivity index (χ3n) is 3.46. The van der Waals surface area contributed by atoms with Crippen molar-refractivity contribution in [2.24, 2.45) is 0 Å². The molecule has 0 radical (unpaired) electrons. The van der Waals surface area contributed by atoms with Gasteiger partial charge in [-0.1, -0.05) is 23.7 Å². The van der Waals surface area contributed by atoms with Crippen molar-refractivity contribution in [3.8, 4) is 0 Å². The molecule has 1 aromatic rings. The molecule has 0 spiro atoms. The maximum absolute atomic E-state index is 11.4. The fourth-order valence-corrected chi connectivity index (χ4v) is 2.88. The van der Waals surface area contributed by atoms with Gasteiger partial charge in [0.2, 0.25) is 0 Å². The Balaban J connectivity index is 1.99. The molecular formula is C14H18ClNO6S. The van der Waals surface area contributed by atoms with Gasteiger partial charge in [-0.15, -0.1) is 0 Å². The van der Waals surface area contributed by atoms with Crippen molar-refractivity contribution in [2.75, 3.05) is 26.0 Å². The van der Waals surface area contributed by atoms with Crippen LogP contribution in [0.1, 0.15) is 5.56 Å². The number of rotatable bonds is 5. The van der Waals surface area contributed by atoms with Crippen molar-refractivity contribution in [1.82, 2.24) is 4.90 Å². The smallest absolute Gasteiger partial charge is 0.407 e. The lowest BCUT2D eigenvalue weighted by molar-refractivity contribution is -0.0679. The van der Waals surface area contributed by atoms with E-state index in [1.54, 1.807) is 12.1 Å². The monoisotopic (exact) mass is 363 g/mol. The number of hydrogen-bond donors (Lipinski definition) is 1. The minimum Gasteiger partial charge on any atom is -0.465 e. The molecule has 0 unspecified atom stereocenters. The summed E-state index contributed by atoms with van der Waals surface area (Å²) in [6, 6.07) is 6.81. The molecule has 0 aliphatic carbocycles. The highest BCUT2D eigenvalue weighted by Gasteiger charge is 2.33. The second-order valence-corrected chi connectivity index (χ2v) is 7.44. The molecule has 1 aliphatic rings. The lowest BCUT2D eigenvalue weighted by Gasteiger charge is -2.37. The van der Waals surface area contributed by atoms with E-state index in [0.29, 0.717) is 11.4 Å². The van der Waals surface area contributed by atoms with Gasteiger partial charge < -0.3 is 14.7 Å². The summed E-state index contributed by atoms with van der Waals surface area (Å²) < 4.78 is 32.2. The number of halogens is 1. The third-order valence-corrected chi connectivity index (χ3v) is 4.28. The average molecular weight is 364 g/mol. The molecule has 1 aliphatic heterocycles. The van der Waals surface area contributed by atoms with E-state index in [1.165, 1.54) is 4.90 Å². The first-order valence-electron chi connectivity index (χ1n) is 6.94. The van der Waals surface area contributed by atoms with Crippen molar-refractivity contribution < 1.29 is 27.2 Å². The summed E-state index contributed by atoms with van der Waals surface area (Å²) in [5.74, 6) is 0. The molecule has 1 aromatic carbocycles. The van der Waals surface area contributed by atoms with Gasteiger partial charge in [-0.25, -0.2) is 4.79 Å². The number of carbonyl (C=O) groups is 1. The van der Waals surface area contributed by atoms with Gasteiger partial charge in [-0.2, -0.15) is 8.42 Å². The van der Waals surface area contributed by atoms with Gasteiger partial charge in [-0.3, -0.25) is 4.18 Å². The Bertz CT molecular complexity index is 648. The standard InChI is InChI=1S/C14H18ClNO6S/c1-23(19,20)22-9-13-7-16(14(17)18)12(8-21-13)6-10-2-4-11(15)5-3-10/h2-5,12-13H,6-9H2,1H3,(H,17,18)/t12-,13+/m0/s1. The average Bonchev–Trinajstić information content (AvgIpc) is 2.47. The van der Waals surface area contributed by atoms with Crippen molar-refractivity contribution >= 4 is 27.8 Å². The Hall–Kier alpha value is -1.35. The zero-order valence-corrected chi connectivity index (χ0v) is 14.1. The number of ether oxygens (including phenoxy) is 1. The second kappa shape index (κ2) is 7.48. The van der Waals surface area contributed by atoms with Crippen molar-refractivity contribution in [3.63, 3.8) is 0 Å². The molecule has 2 rings (SSSR count). The van der Waals surface area contributed by atoms with E-state index in [1.807, 2.05) is 12.1 Å². The normalized spacial score (nSPS) is 22.1. The highest BCUT2D eigenvalue weighted by atomic mass is 35.5. The molecule has 1 heterocycles. The van der Waals surface area contributed by atoms with Gasteiger partial charge in [0.05, 0.1) is 32.1 Å². The molecule has 1 saturated heterocycles. The van der Waals surface area contributed by atoms with Gasteiger partial charge in [0, 0.05) is 5.02 Å². The van der Waals surface area contributed by atoms with Gasteiger partial charge in [0.1, 0.15) is 6.10 Å². The summed E-state index contributed by atoms with van der Waals surface area (Å²) in [6.45, 7) is 0.0338. The van der Waals surface area contributed by atoms with Gasteiger partial charge in [0.25, 0.3) is 10.1 Å². The maximum atomic E-state index is 11.4. The molecule has 0 aromatic heterocycles. The third kappa shape index (κ3) is 5.65. The summed E-state index contributed by atoms with van der Waals surface area (Å²) in [4.78, 5) is 12.7.